The third-order valence-electron chi connectivity index (χ3n) is 4.65. The van der Waals surface area contributed by atoms with Crippen LogP contribution in [0.25, 0.3) is 0 Å². The highest BCUT2D eigenvalue weighted by molar-refractivity contribution is 5.51. The average molecular weight is 274 g/mol. The van der Waals surface area contributed by atoms with E-state index in [1.807, 2.05) is 6.92 Å². The highest BCUT2D eigenvalue weighted by Gasteiger charge is 2.36. The molecule has 3 rings (SSSR count). The van der Waals surface area contributed by atoms with Crippen LogP contribution in [0.2, 0.25) is 0 Å². The minimum absolute atomic E-state index is 0.359. The second-order valence-corrected chi connectivity index (χ2v) is 6.12. The van der Waals surface area contributed by atoms with Crippen LogP contribution in [-0.4, -0.2) is 31.8 Å². The smallest absolute Gasteiger partial charge is 0.121 e. The fourth-order valence-corrected chi connectivity index (χ4v) is 3.67. The summed E-state index contributed by atoms with van der Waals surface area (Å²) >= 11 is 0. The molecule has 3 nitrogen and oxygen atoms in total. The molecule has 0 radical (unpaired) electrons. The van der Waals surface area contributed by atoms with Gasteiger partial charge in [-0.25, -0.2) is 0 Å². The summed E-state index contributed by atoms with van der Waals surface area (Å²) in [5.41, 5.74) is 1.67. The quantitative estimate of drug-likeness (QED) is 0.916. The molecule has 1 N–H and O–H groups in total. The van der Waals surface area contributed by atoms with Crippen molar-refractivity contribution in [2.45, 2.75) is 44.6 Å². The van der Waals surface area contributed by atoms with E-state index in [0.29, 0.717) is 5.54 Å². The summed E-state index contributed by atoms with van der Waals surface area (Å²) in [6.07, 6.45) is 6.63. The van der Waals surface area contributed by atoms with Gasteiger partial charge in [0.15, 0.2) is 0 Å². The summed E-state index contributed by atoms with van der Waals surface area (Å²) < 4.78 is 5.64. The minimum atomic E-state index is 0.359. The maximum atomic E-state index is 5.64. The van der Waals surface area contributed by atoms with Gasteiger partial charge in [-0.05, 0) is 44.9 Å². The molecule has 1 saturated carbocycles. The van der Waals surface area contributed by atoms with Gasteiger partial charge in [-0.3, -0.25) is 0 Å². The van der Waals surface area contributed by atoms with Crippen LogP contribution in [0, 0.1) is 0 Å². The Morgan fingerprint density at radius 3 is 2.90 bits per heavy atom. The Morgan fingerprint density at radius 2 is 2.10 bits per heavy atom. The van der Waals surface area contributed by atoms with Crippen LogP contribution in [0.15, 0.2) is 24.3 Å². The van der Waals surface area contributed by atoms with Gasteiger partial charge < -0.3 is 15.0 Å². The van der Waals surface area contributed by atoms with Crippen molar-refractivity contribution in [3.8, 4) is 5.75 Å². The van der Waals surface area contributed by atoms with Crippen LogP contribution in [0.3, 0.4) is 0 Å². The average Bonchev–Trinajstić information content (AvgIpc) is 2.80. The standard InChI is InChI=1S/C17H26N2O/c1-2-20-16-8-5-7-15(13-16)19-12-6-11-18-17(14-19)9-3-4-10-17/h5,7-8,13,18H,2-4,6,9-12,14H2,1H3. The van der Waals surface area contributed by atoms with Crippen molar-refractivity contribution >= 4 is 5.69 Å². The number of ether oxygens (including phenoxy) is 1. The van der Waals surface area contributed by atoms with Gasteiger partial charge in [-0.15, -0.1) is 0 Å². The van der Waals surface area contributed by atoms with Crippen molar-refractivity contribution in [3.63, 3.8) is 0 Å². The lowest BCUT2D eigenvalue weighted by Crippen LogP contribution is -2.49. The first-order chi connectivity index (χ1) is 9.81. The second kappa shape index (κ2) is 6.04. The summed E-state index contributed by atoms with van der Waals surface area (Å²) in [5.74, 6) is 0.989. The monoisotopic (exact) mass is 274 g/mol. The maximum absolute atomic E-state index is 5.64. The summed E-state index contributed by atoms with van der Waals surface area (Å²) in [7, 11) is 0. The van der Waals surface area contributed by atoms with Gasteiger partial charge >= 0.3 is 0 Å². The first kappa shape index (κ1) is 13.7. The lowest BCUT2D eigenvalue weighted by Gasteiger charge is -2.34. The minimum Gasteiger partial charge on any atom is -0.494 e. The molecule has 0 atom stereocenters. The molecular weight excluding hydrogens is 248 g/mol. The normalized spacial score (nSPS) is 21.9. The molecule has 0 aromatic heterocycles. The van der Waals surface area contributed by atoms with Gasteiger partial charge in [-0.1, -0.05) is 18.9 Å². The van der Waals surface area contributed by atoms with Crippen molar-refractivity contribution in [1.29, 1.82) is 0 Å². The number of hydrogen-bond acceptors (Lipinski definition) is 3. The zero-order valence-electron chi connectivity index (χ0n) is 12.5. The van der Waals surface area contributed by atoms with Crippen LogP contribution in [0.4, 0.5) is 5.69 Å². The fraction of sp³-hybridized carbons (Fsp3) is 0.647. The molecular formula is C17H26N2O. The molecule has 2 aliphatic rings. The van der Waals surface area contributed by atoms with Gasteiger partial charge in [0, 0.05) is 30.4 Å². The molecule has 1 aromatic carbocycles. The summed E-state index contributed by atoms with van der Waals surface area (Å²) in [4.78, 5) is 2.55. The van der Waals surface area contributed by atoms with Crippen LogP contribution in [0.1, 0.15) is 39.0 Å². The first-order valence-electron chi connectivity index (χ1n) is 8.04. The molecule has 0 unspecified atom stereocenters. The van der Waals surface area contributed by atoms with E-state index < -0.39 is 0 Å². The Hall–Kier alpha value is -1.22. The molecule has 20 heavy (non-hydrogen) atoms. The molecule has 110 valence electrons. The van der Waals surface area contributed by atoms with Gasteiger partial charge in [0.25, 0.3) is 0 Å². The largest absolute Gasteiger partial charge is 0.494 e. The molecule has 1 heterocycles. The molecule has 0 amide bonds. The first-order valence-corrected chi connectivity index (χ1v) is 8.04. The van der Waals surface area contributed by atoms with E-state index in [1.165, 1.54) is 37.8 Å². The van der Waals surface area contributed by atoms with Gasteiger partial charge in [0.1, 0.15) is 5.75 Å². The Bertz CT molecular complexity index is 440. The topological polar surface area (TPSA) is 24.5 Å². The number of hydrogen-bond donors (Lipinski definition) is 1. The summed E-state index contributed by atoms with van der Waals surface area (Å²) in [5, 5.41) is 3.82. The summed E-state index contributed by atoms with van der Waals surface area (Å²) in [6, 6.07) is 8.57. The third-order valence-corrected chi connectivity index (χ3v) is 4.65. The number of anilines is 1. The molecule has 1 saturated heterocycles. The Balaban J connectivity index is 1.79. The molecule has 1 aromatic rings. The SMILES string of the molecule is CCOc1cccc(N2CCCNC3(CCCC3)C2)c1. The number of benzene rings is 1. The van der Waals surface area contributed by atoms with E-state index in [4.69, 9.17) is 4.74 Å². The lowest BCUT2D eigenvalue weighted by atomic mass is 9.97. The van der Waals surface area contributed by atoms with E-state index in [9.17, 15) is 0 Å². The lowest BCUT2D eigenvalue weighted by molar-refractivity contribution is 0.339. The molecule has 1 spiro atoms. The number of rotatable bonds is 3. The van der Waals surface area contributed by atoms with Gasteiger partial charge in [-0.2, -0.15) is 0 Å². The van der Waals surface area contributed by atoms with E-state index in [0.717, 1.165) is 32.0 Å². The Morgan fingerprint density at radius 1 is 1.25 bits per heavy atom. The summed E-state index contributed by atoms with van der Waals surface area (Å²) in [6.45, 7) is 6.21. The van der Waals surface area contributed by atoms with Crippen molar-refractivity contribution in [1.82, 2.24) is 5.32 Å². The molecule has 2 fully saturated rings. The van der Waals surface area contributed by atoms with Gasteiger partial charge in [0.2, 0.25) is 0 Å². The van der Waals surface area contributed by atoms with E-state index in [-0.39, 0.29) is 0 Å². The zero-order chi connectivity index (χ0) is 13.8. The van der Waals surface area contributed by atoms with Crippen LogP contribution in [-0.2, 0) is 0 Å². The third kappa shape index (κ3) is 2.93. The van der Waals surface area contributed by atoms with Crippen LogP contribution in [0.5, 0.6) is 5.75 Å². The van der Waals surface area contributed by atoms with Crippen LogP contribution >= 0.6 is 0 Å². The molecule has 3 heteroatoms. The van der Waals surface area contributed by atoms with E-state index >= 15 is 0 Å². The van der Waals surface area contributed by atoms with Gasteiger partial charge in [0.05, 0.1) is 6.61 Å². The Labute approximate surface area is 122 Å². The maximum Gasteiger partial charge on any atom is 0.121 e. The zero-order valence-corrected chi connectivity index (χ0v) is 12.5. The van der Waals surface area contributed by atoms with Crippen molar-refractivity contribution < 1.29 is 4.74 Å². The Kier molecular flexibility index (Phi) is 4.16. The molecule has 1 aliphatic carbocycles. The fourth-order valence-electron chi connectivity index (χ4n) is 3.67. The molecule has 1 aliphatic heterocycles. The predicted octanol–water partition coefficient (Wildman–Crippen LogP) is 3.20. The van der Waals surface area contributed by atoms with E-state index in [2.05, 4.69) is 34.5 Å². The van der Waals surface area contributed by atoms with Crippen molar-refractivity contribution in [2.24, 2.45) is 0 Å². The molecule has 0 bridgehead atoms. The number of nitrogens with zero attached hydrogens (tertiary/aromatic N) is 1. The number of nitrogens with one attached hydrogen (secondary N) is 1. The van der Waals surface area contributed by atoms with E-state index in [1.54, 1.807) is 0 Å². The highest BCUT2D eigenvalue weighted by atomic mass is 16.5. The predicted molar refractivity (Wildman–Crippen MR) is 83.6 cm³/mol. The second-order valence-electron chi connectivity index (χ2n) is 6.12. The van der Waals surface area contributed by atoms with Crippen molar-refractivity contribution in [2.75, 3.05) is 31.1 Å². The van der Waals surface area contributed by atoms with Crippen molar-refractivity contribution in [3.05, 3.63) is 24.3 Å². The van der Waals surface area contributed by atoms with Crippen LogP contribution < -0.4 is 15.0 Å². The highest BCUT2D eigenvalue weighted by Crippen LogP contribution is 2.33.